The zero-order valence-corrected chi connectivity index (χ0v) is 22.0. The zero-order chi connectivity index (χ0) is 26.4. The number of likely N-dealkylation sites (tertiary alicyclic amines) is 1. The number of amides is 2. The van der Waals surface area contributed by atoms with Gasteiger partial charge in [0, 0.05) is 28.6 Å². The molecule has 2 heterocycles. The van der Waals surface area contributed by atoms with Crippen LogP contribution in [-0.4, -0.2) is 56.7 Å². The first-order chi connectivity index (χ1) is 18.1. The lowest BCUT2D eigenvalue weighted by atomic mass is 9.46. The maximum absolute atomic E-state index is 14.4. The number of hydrogen-bond donors (Lipinski definition) is 4. The van der Waals surface area contributed by atoms with Crippen molar-refractivity contribution < 1.29 is 14.7 Å². The van der Waals surface area contributed by atoms with Crippen LogP contribution in [0.5, 0.6) is 0 Å². The molecule has 1 saturated heterocycles. The SMILES string of the molecule is [C-]#[N+]C1CC2(C)CC2N1C(=O)C(NC(=O)C(N)Cc1c[nH]c2ccccc12)C12CC3CC(CC(O)(C3)C1)C2. The second kappa shape index (κ2) is 8.06. The minimum Gasteiger partial charge on any atom is -0.390 e. The highest BCUT2D eigenvalue weighted by Crippen LogP contribution is 2.64. The smallest absolute Gasteiger partial charge is 0.301 e. The van der Waals surface area contributed by atoms with Gasteiger partial charge in [0.15, 0.2) is 0 Å². The molecule has 200 valence electrons. The van der Waals surface area contributed by atoms with E-state index in [9.17, 15) is 14.7 Å². The third kappa shape index (κ3) is 3.62. The van der Waals surface area contributed by atoms with E-state index >= 15 is 0 Å². The summed E-state index contributed by atoms with van der Waals surface area (Å²) < 4.78 is 0. The number of para-hydroxylation sites is 1. The van der Waals surface area contributed by atoms with Gasteiger partial charge in [-0.3, -0.25) is 19.3 Å². The Labute approximate surface area is 223 Å². The summed E-state index contributed by atoms with van der Waals surface area (Å²) >= 11 is 0. The van der Waals surface area contributed by atoms with Gasteiger partial charge in [-0.15, -0.1) is 0 Å². The molecule has 5 aliphatic carbocycles. The molecule has 4 bridgehead atoms. The number of hydrogen-bond acceptors (Lipinski definition) is 4. The largest absolute Gasteiger partial charge is 0.390 e. The van der Waals surface area contributed by atoms with Crippen LogP contribution in [0.4, 0.5) is 0 Å². The van der Waals surface area contributed by atoms with Crippen molar-refractivity contribution in [1.82, 2.24) is 15.2 Å². The number of aromatic nitrogens is 1. The standard InChI is InChI=1S/C30H37N5O3/c1-28-13-23(28)35(24(14-28)32-2)27(37)25(29-9-17-7-18(10-29)12-30(38,11-17)16-29)34-26(36)21(31)8-19-15-33-22-6-4-3-5-20(19)22/h3-6,15,17-18,21,23-25,33,38H,7-14,16,31H2,1H3,(H,34,36). The topological polar surface area (TPSA) is 116 Å². The van der Waals surface area contributed by atoms with Crippen molar-refractivity contribution in [3.63, 3.8) is 0 Å². The van der Waals surface area contributed by atoms with E-state index < -0.39 is 29.3 Å². The summed E-state index contributed by atoms with van der Waals surface area (Å²) in [5.41, 5.74) is 7.19. The predicted molar refractivity (Wildman–Crippen MR) is 142 cm³/mol. The van der Waals surface area contributed by atoms with Crippen molar-refractivity contribution in [3.8, 4) is 0 Å². The van der Waals surface area contributed by atoms with E-state index in [1.807, 2.05) is 30.5 Å². The van der Waals surface area contributed by atoms with Gasteiger partial charge in [0.05, 0.1) is 18.1 Å². The molecule has 6 aliphatic rings. The van der Waals surface area contributed by atoms with Crippen LogP contribution < -0.4 is 11.1 Å². The summed E-state index contributed by atoms with van der Waals surface area (Å²) in [7, 11) is 0. The van der Waals surface area contributed by atoms with E-state index in [0.717, 1.165) is 55.0 Å². The normalized spacial score (nSPS) is 40.0. The first kappa shape index (κ1) is 24.2. The molecule has 38 heavy (non-hydrogen) atoms. The molecule has 8 heteroatoms. The monoisotopic (exact) mass is 515 g/mol. The molecular formula is C30H37N5O3. The Kier molecular flexibility index (Phi) is 5.13. The lowest BCUT2D eigenvalue weighted by Crippen LogP contribution is -2.67. The van der Waals surface area contributed by atoms with Gasteiger partial charge in [-0.1, -0.05) is 25.1 Å². The van der Waals surface area contributed by atoms with Crippen LogP contribution in [0.15, 0.2) is 30.5 Å². The second-order valence-corrected chi connectivity index (χ2v) is 13.6. The number of carbonyl (C=O) groups excluding carboxylic acids is 2. The molecule has 0 spiro atoms. The minimum atomic E-state index is -0.817. The summed E-state index contributed by atoms with van der Waals surface area (Å²) in [5.74, 6) is 0.258. The van der Waals surface area contributed by atoms with Gasteiger partial charge in [-0.05, 0) is 80.2 Å². The number of rotatable bonds is 6. The fourth-order valence-corrected chi connectivity index (χ4v) is 9.30. The number of aromatic amines is 1. The van der Waals surface area contributed by atoms with E-state index in [0.29, 0.717) is 31.1 Å². The van der Waals surface area contributed by atoms with Gasteiger partial charge in [0.1, 0.15) is 6.04 Å². The van der Waals surface area contributed by atoms with Crippen LogP contribution in [0.25, 0.3) is 15.7 Å². The molecule has 6 fully saturated rings. The van der Waals surface area contributed by atoms with Crippen molar-refractivity contribution in [2.24, 2.45) is 28.4 Å². The molecule has 8 nitrogen and oxygen atoms in total. The number of nitrogens with zero attached hydrogens (tertiary/aromatic N) is 2. The van der Waals surface area contributed by atoms with Crippen LogP contribution in [0, 0.1) is 29.2 Å². The minimum absolute atomic E-state index is 0.00481. The van der Waals surface area contributed by atoms with E-state index in [1.165, 1.54) is 0 Å². The molecule has 2 amide bonds. The van der Waals surface area contributed by atoms with Gasteiger partial charge in [0.2, 0.25) is 5.91 Å². The highest BCUT2D eigenvalue weighted by atomic mass is 16.3. The summed E-state index contributed by atoms with van der Waals surface area (Å²) in [4.78, 5) is 36.9. The summed E-state index contributed by atoms with van der Waals surface area (Å²) in [5, 5.41) is 15.6. The van der Waals surface area contributed by atoms with Gasteiger partial charge >= 0.3 is 6.17 Å². The Balaban J connectivity index is 1.19. The number of nitrogens with two attached hydrogens (primary N) is 1. The maximum atomic E-state index is 14.4. The lowest BCUT2D eigenvalue weighted by molar-refractivity contribution is -0.182. The predicted octanol–water partition coefficient (Wildman–Crippen LogP) is 3.11. The highest BCUT2D eigenvalue weighted by molar-refractivity contribution is 5.92. The molecule has 8 rings (SSSR count). The molecule has 7 atom stereocenters. The van der Waals surface area contributed by atoms with Crippen molar-refractivity contribution in [1.29, 1.82) is 0 Å². The Morgan fingerprint density at radius 2 is 1.95 bits per heavy atom. The quantitative estimate of drug-likeness (QED) is 0.443. The van der Waals surface area contributed by atoms with Crippen molar-refractivity contribution in [2.75, 3.05) is 0 Å². The van der Waals surface area contributed by atoms with Crippen molar-refractivity contribution >= 4 is 22.7 Å². The average Bonchev–Trinajstić information content (AvgIpc) is 3.20. The highest BCUT2D eigenvalue weighted by Gasteiger charge is 2.68. The average molecular weight is 516 g/mol. The van der Waals surface area contributed by atoms with Crippen LogP contribution in [0.3, 0.4) is 0 Å². The second-order valence-electron chi connectivity index (χ2n) is 13.6. The molecule has 5 N–H and O–H groups in total. The van der Waals surface area contributed by atoms with Crippen molar-refractivity contribution in [2.45, 2.75) is 94.6 Å². The van der Waals surface area contributed by atoms with E-state index in [4.69, 9.17) is 12.3 Å². The molecule has 0 radical (unpaired) electrons. The summed E-state index contributed by atoms with van der Waals surface area (Å²) in [6.07, 6.45) is 8.23. The summed E-state index contributed by atoms with van der Waals surface area (Å²) in [6.45, 7) is 9.93. The first-order valence-electron chi connectivity index (χ1n) is 14.1. The molecule has 2 aromatic rings. The van der Waals surface area contributed by atoms with E-state index in [1.54, 1.807) is 4.90 Å². The number of nitrogens with one attached hydrogen (secondary N) is 2. The fourth-order valence-electron chi connectivity index (χ4n) is 9.30. The Morgan fingerprint density at radius 3 is 2.66 bits per heavy atom. The van der Waals surface area contributed by atoms with Crippen LogP contribution in [0.1, 0.15) is 63.9 Å². The third-order valence-electron chi connectivity index (χ3n) is 10.7. The summed E-state index contributed by atoms with van der Waals surface area (Å²) in [6, 6.07) is 6.41. The Bertz CT molecular complexity index is 1350. The Hall–Kier alpha value is -2.89. The lowest BCUT2D eigenvalue weighted by Gasteiger charge is -2.62. The zero-order valence-electron chi connectivity index (χ0n) is 22.0. The molecule has 7 unspecified atom stereocenters. The number of carbonyl (C=O) groups is 2. The van der Waals surface area contributed by atoms with Crippen LogP contribution in [-0.2, 0) is 16.0 Å². The van der Waals surface area contributed by atoms with Crippen LogP contribution in [0.2, 0.25) is 0 Å². The number of benzene rings is 1. The molecular weight excluding hydrogens is 478 g/mol. The number of H-pyrrole nitrogens is 1. The van der Waals surface area contributed by atoms with E-state index in [2.05, 4.69) is 22.1 Å². The molecule has 1 aromatic carbocycles. The number of aliphatic hydroxyl groups is 1. The van der Waals surface area contributed by atoms with Gasteiger partial charge in [-0.2, -0.15) is 0 Å². The van der Waals surface area contributed by atoms with Gasteiger partial charge in [-0.25, -0.2) is 6.57 Å². The van der Waals surface area contributed by atoms with Gasteiger partial charge < -0.3 is 21.1 Å². The van der Waals surface area contributed by atoms with Crippen LogP contribution >= 0.6 is 0 Å². The number of piperidine rings is 1. The fraction of sp³-hybridized carbons (Fsp3) is 0.633. The first-order valence-corrected chi connectivity index (χ1v) is 14.1. The molecule has 1 aliphatic heterocycles. The van der Waals surface area contributed by atoms with Crippen molar-refractivity contribution in [3.05, 3.63) is 47.4 Å². The van der Waals surface area contributed by atoms with Gasteiger partial charge in [0.25, 0.3) is 5.91 Å². The van der Waals surface area contributed by atoms with E-state index in [-0.39, 0.29) is 23.3 Å². The molecule has 1 aromatic heterocycles. The maximum Gasteiger partial charge on any atom is 0.301 e. The number of fused-ring (bicyclic) bond motifs is 2. The third-order valence-corrected chi connectivity index (χ3v) is 10.7. The molecule has 5 saturated carbocycles. The Morgan fingerprint density at radius 1 is 1.21 bits per heavy atom.